The van der Waals surface area contributed by atoms with Gasteiger partial charge in [0.1, 0.15) is 5.75 Å². The zero-order valence-corrected chi connectivity index (χ0v) is 22.2. The fourth-order valence-corrected chi connectivity index (χ4v) is 5.65. The van der Waals surface area contributed by atoms with E-state index in [0.29, 0.717) is 22.9 Å². The maximum absolute atomic E-state index is 13.1. The topological polar surface area (TPSA) is 124 Å². The van der Waals surface area contributed by atoms with Gasteiger partial charge in [-0.1, -0.05) is 30.0 Å². The van der Waals surface area contributed by atoms with Crippen LogP contribution < -0.4 is 15.4 Å². The van der Waals surface area contributed by atoms with Crippen molar-refractivity contribution in [3.63, 3.8) is 0 Å². The van der Waals surface area contributed by atoms with Gasteiger partial charge < -0.3 is 15.0 Å². The summed E-state index contributed by atoms with van der Waals surface area (Å²) in [6.45, 7) is 3.63. The first-order chi connectivity index (χ1) is 19.4. The number of methoxy groups -OCH3 is 1. The lowest BCUT2D eigenvalue weighted by Gasteiger charge is -2.36. The number of nitrogens with zero attached hydrogens (tertiary/aromatic N) is 4. The molecule has 4 aliphatic rings. The van der Waals surface area contributed by atoms with E-state index in [0.717, 1.165) is 37.3 Å². The summed E-state index contributed by atoms with van der Waals surface area (Å²) in [6.07, 6.45) is 1.96. The molecule has 0 aromatic heterocycles. The van der Waals surface area contributed by atoms with Crippen LogP contribution in [0.25, 0.3) is 0 Å². The van der Waals surface area contributed by atoms with Gasteiger partial charge in [0, 0.05) is 49.9 Å². The molecule has 6 rings (SSSR count). The second-order valence-corrected chi connectivity index (χ2v) is 10.7. The molecule has 2 atom stereocenters. The molecule has 2 aromatic carbocycles. The summed E-state index contributed by atoms with van der Waals surface area (Å²) < 4.78 is 5.23. The highest BCUT2D eigenvalue weighted by Gasteiger charge is 2.48. The van der Waals surface area contributed by atoms with Crippen molar-refractivity contribution in [2.75, 3.05) is 39.8 Å². The predicted molar refractivity (Wildman–Crippen MR) is 145 cm³/mol. The first kappa shape index (κ1) is 26.0. The summed E-state index contributed by atoms with van der Waals surface area (Å²) >= 11 is 0. The number of hydrogen-bond donors (Lipinski definition) is 2. The van der Waals surface area contributed by atoms with Crippen molar-refractivity contribution >= 4 is 17.8 Å². The molecule has 0 bridgehead atoms. The minimum absolute atomic E-state index is 0.116. The molecular formula is C29H30N6O5. The van der Waals surface area contributed by atoms with E-state index in [2.05, 4.69) is 37.5 Å². The Balaban J connectivity index is 1.18. The second kappa shape index (κ2) is 10.4. The van der Waals surface area contributed by atoms with Gasteiger partial charge in [-0.3, -0.25) is 24.7 Å². The summed E-state index contributed by atoms with van der Waals surface area (Å²) in [5, 5.41) is 8.28. The van der Waals surface area contributed by atoms with Crippen LogP contribution in [0, 0.1) is 16.7 Å². The van der Waals surface area contributed by atoms with Gasteiger partial charge in [-0.2, -0.15) is 0 Å². The van der Waals surface area contributed by atoms with Gasteiger partial charge in [-0.25, -0.2) is 4.79 Å². The first-order valence-electron chi connectivity index (χ1n) is 13.4. The lowest BCUT2D eigenvalue weighted by molar-refractivity contribution is -0.122. The summed E-state index contributed by atoms with van der Waals surface area (Å²) in [6, 6.07) is 12.5. The Labute approximate surface area is 231 Å². The van der Waals surface area contributed by atoms with E-state index in [1.54, 1.807) is 24.3 Å². The number of benzene rings is 2. The number of imide groups is 1. The zero-order valence-electron chi connectivity index (χ0n) is 22.2. The molecule has 3 fully saturated rings. The average Bonchev–Trinajstić information content (AvgIpc) is 3.72. The third-order valence-electron chi connectivity index (χ3n) is 8.05. The molecule has 0 spiro atoms. The van der Waals surface area contributed by atoms with Gasteiger partial charge in [-0.15, -0.1) is 4.91 Å². The monoisotopic (exact) mass is 542 g/mol. The molecule has 4 amide bonds. The van der Waals surface area contributed by atoms with Crippen LogP contribution in [0.2, 0.25) is 0 Å². The smallest absolute Gasteiger partial charge is 0.323 e. The van der Waals surface area contributed by atoms with Crippen LogP contribution in [0.5, 0.6) is 5.75 Å². The number of nitroso groups, excluding NO2 is 1. The molecule has 0 radical (unpaired) electrons. The molecule has 206 valence electrons. The number of carbonyl (C=O) groups is 3. The Morgan fingerprint density at radius 3 is 2.45 bits per heavy atom. The Bertz CT molecular complexity index is 1420. The molecule has 3 aliphatic heterocycles. The third kappa shape index (κ3) is 4.92. The fourth-order valence-electron chi connectivity index (χ4n) is 5.65. The van der Waals surface area contributed by atoms with Crippen molar-refractivity contribution in [1.82, 2.24) is 25.3 Å². The molecule has 1 saturated carbocycles. The van der Waals surface area contributed by atoms with Crippen LogP contribution in [0.1, 0.15) is 46.1 Å². The standard InChI is InChI=1S/C29H30N6O5/c1-40-23-9-6-21-17-35(26(36)24(21)16-23)18-29(27(37)30-28(38)31-29)11-10-19-2-4-20(5-3-19)25(32-39)34-14-12-33(13-15-34)22-7-8-22/h2-6,9,16,22,25H,7-8,12-15,17-18H2,1H3,(H2,30,31,37,38)/t25?,29-/m1/s1. The molecular weight excluding hydrogens is 512 g/mol. The minimum atomic E-state index is -1.61. The van der Waals surface area contributed by atoms with E-state index >= 15 is 0 Å². The Kier molecular flexibility index (Phi) is 6.73. The van der Waals surface area contributed by atoms with Crippen LogP contribution in [-0.4, -0.2) is 84.0 Å². The van der Waals surface area contributed by atoms with Gasteiger partial charge in [0.15, 0.2) is 6.17 Å². The van der Waals surface area contributed by atoms with E-state index in [9.17, 15) is 19.3 Å². The summed E-state index contributed by atoms with van der Waals surface area (Å²) in [4.78, 5) is 56.0. The number of fused-ring (bicyclic) bond motifs is 1. The third-order valence-corrected chi connectivity index (χ3v) is 8.05. The summed E-state index contributed by atoms with van der Waals surface area (Å²) in [7, 11) is 1.53. The maximum atomic E-state index is 13.1. The SMILES string of the molecule is COc1ccc2c(c1)C(=O)N(C[C@@]1(C#Cc3ccc(C(N=O)N4CCN(C5CC5)CC4)cc3)NC(=O)NC1=O)C2. The fraction of sp³-hybridized carbons (Fsp3) is 0.414. The lowest BCUT2D eigenvalue weighted by Crippen LogP contribution is -2.54. The van der Waals surface area contributed by atoms with Crippen molar-refractivity contribution in [2.24, 2.45) is 5.18 Å². The number of rotatable bonds is 7. The molecule has 2 saturated heterocycles. The molecule has 11 nitrogen and oxygen atoms in total. The largest absolute Gasteiger partial charge is 0.497 e. The second-order valence-electron chi connectivity index (χ2n) is 10.7. The first-order valence-corrected chi connectivity index (χ1v) is 13.4. The zero-order chi connectivity index (χ0) is 27.9. The van der Waals surface area contributed by atoms with Crippen LogP contribution >= 0.6 is 0 Å². The number of amides is 4. The van der Waals surface area contributed by atoms with Crippen molar-refractivity contribution < 1.29 is 19.1 Å². The quantitative estimate of drug-likeness (QED) is 0.311. The Hall–Kier alpha value is -4.27. The number of nitrogens with one attached hydrogen (secondary N) is 2. The molecule has 3 heterocycles. The van der Waals surface area contributed by atoms with Crippen molar-refractivity contribution in [3.8, 4) is 17.6 Å². The number of urea groups is 1. The number of piperazine rings is 1. The van der Waals surface area contributed by atoms with Gasteiger partial charge in [-0.05, 0) is 53.4 Å². The minimum Gasteiger partial charge on any atom is -0.497 e. The highest BCUT2D eigenvalue weighted by atomic mass is 16.5. The van der Waals surface area contributed by atoms with Crippen molar-refractivity contribution in [1.29, 1.82) is 0 Å². The molecule has 1 unspecified atom stereocenters. The van der Waals surface area contributed by atoms with E-state index in [1.165, 1.54) is 24.9 Å². The normalized spacial score (nSPS) is 23.6. The van der Waals surface area contributed by atoms with E-state index < -0.39 is 23.6 Å². The van der Waals surface area contributed by atoms with E-state index in [4.69, 9.17) is 4.74 Å². The molecule has 2 N–H and O–H groups in total. The Morgan fingerprint density at radius 1 is 1.07 bits per heavy atom. The van der Waals surface area contributed by atoms with Crippen molar-refractivity contribution in [3.05, 3.63) is 69.6 Å². The highest BCUT2D eigenvalue weighted by Crippen LogP contribution is 2.31. The number of hydrogen-bond acceptors (Lipinski definition) is 8. The van der Waals surface area contributed by atoms with Crippen LogP contribution in [-0.2, 0) is 11.3 Å². The van der Waals surface area contributed by atoms with Crippen molar-refractivity contribution in [2.45, 2.75) is 37.1 Å². The summed E-state index contributed by atoms with van der Waals surface area (Å²) in [5.74, 6) is 5.59. The predicted octanol–water partition coefficient (Wildman–Crippen LogP) is 1.83. The molecule has 40 heavy (non-hydrogen) atoms. The van der Waals surface area contributed by atoms with E-state index in [-0.39, 0.29) is 19.0 Å². The Morgan fingerprint density at radius 2 is 1.82 bits per heavy atom. The van der Waals surface area contributed by atoms with Gasteiger partial charge in [0.05, 0.1) is 13.7 Å². The van der Waals surface area contributed by atoms with Crippen LogP contribution in [0.4, 0.5) is 4.79 Å². The van der Waals surface area contributed by atoms with E-state index in [1.807, 2.05) is 18.2 Å². The maximum Gasteiger partial charge on any atom is 0.323 e. The van der Waals surface area contributed by atoms with Crippen LogP contribution in [0.3, 0.4) is 0 Å². The van der Waals surface area contributed by atoms with Crippen LogP contribution in [0.15, 0.2) is 47.6 Å². The number of ether oxygens (including phenoxy) is 1. The summed E-state index contributed by atoms with van der Waals surface area (Å²) in [5.41, 5.74) is 1.07. The van der Waals surface area contributed by atoms with Gasteiger partial charge in [0.2, 0.25) is 5.54 Å². The highest BCUT2D eigenvalue weighted by molar-refractivity contribution is 6.10. The number of carbonyl (C=O) groups excluding carboxylic acids is 3. The molecule has 11 heteroatoms. The molecule has 1 aliphatic carbocycles. The van der Waals surface area contributed by atoms with Gasteiger partial charge >= 0.3 is 6.03 Å². The molecule has 2 aromatic rings. The van der Waals surface area contributed by atoms with Gasteiger partial charge in [0.25, 0.3) is 11.8 Å². The lowest BCUT2D eigenvalue weighted by atomic mass is 9.98. The average molecular weight is 543 g/mol.